The average molecular weight is 356 g/mol. The number of hydrogen-bond donors (Lipinski definition) is 1. The molecular formula is C23H16O4. The molecule has 4 rings (SSSR count). The van der Waals surface area contributed by atoms with E-state index in [4.69, 9.17) is 9.15 Å². The van der Waals surface area contributed by atoms with E-state index < -0.39 is 0 Å². The molecule has 4 heteroatoms. The molecule has 1 aromatic heterocycles. The molecule has 3 aromatic carbocycles. The molecule has 0 aliphatic carbocycles. The van der Waals surface area contributed by atoms with E-state index >= 15 is 0 Å². The van der Waals surface area contributed by atoms with Gasteiger partial charge in [0.2, 0.25) is 0 Å². The number of phenolic OH excluding ortho intramolecular Hbond substituents is 1. The van der Waals surface area contributed by atoms with Crippen LogP contribution in [0, 0.1) is 0 Å². The van der Waals surface area contributed by atoms with Crippen molar-refractivity contribution in [3.8, 4) is 11.5 Å². The molecule has 1 N–H and O–H groups in total. The minimum absolute atomic E-state index is 0.0737. The van der Waals surface area contributed by atoms with E-state index in [2.05, 4.69) is 12.1 Å². The Morgan fingerprint density at radius 2 is 1.52 bits per heavy atom. The van der Waals surface area contributed by atoms with E-state index in [0.29, 0.717) is 0 Å². The first-order chi connectivity index (χ1) is 13.2. The maximum Gasteiger partial charge on any atom is 0.298 e. The molecule has 1 heterocycles. The second kappa shape index (κ2) is 7.22. The van der Waals surface area contributed by atoms with Crippen molar-refractivity contribution in [2.24, 2.45) is 0 Å². The summed E-state index contributed by atoms with van der Waals surface area (Å²) in [5, 5.41) is 11.8. The molecule has 0 unspecified atom stereocenters. The van der Waals surface area contributed by atoms with Crippen LogP contribution in [0.25, 0.3) is 34.1 Å². The Morgan fingerprint density at radius 1 is 0.815 bits per heavy atom. The third kappa shape index (κ3) is 3.46. The van der Waals surface area contributed by atoms with Crippen molar-refractivity contribution in [3.63, 3.8) is 0 Å². The maximum atomic E-state index is 10.4. The first kappa shape index (κ1) is 16.7. The van der Waals surface area contributed by atoms with Crippen molar-refractivity contribution in [2.45, 2.75) is 0 Å². The summed E-state index contributed by atoms with van der Waals surface area (Å²) in [4.78, 5) is 10.4. The third-order valence-corrected chi connectivity index (χ3v) is 4.25. The molecule has 0 amide bonds. The lowest BCUT2D eigenvalue weighted by molar-refractivity contribution is -0.120. The molecule has 0 saturated heterocycles. The fourth-order valence-corrected chi connectivity index (χ4v) is 2.96. The summed E-state index contributed by atoms with van der Waals surface area (Å²) in [5.41, 5.74) is 3.63. The normalized spacial score (nSPS) is 11.7. The quantitative estimate of drug-likeness (QED) is 0.376. The number of phenols is 1. The van der Waals surface area contributed by atoms with E-state index in [1.807, 2.05) is 54.6 Å². The third-order valence-electron chi connectivity index (χ3n) is 4.25. The Bertz CT molecular complexity index is 1180. The number of furan rings is 1. The monoisotopic (exact) mass is 356 g/mol. The molecule has 0 radical (unpaired) electrons. The van der Waals surface area contributed by atoms with Crippen LogP contribution in [0.3, 0.4) is 0 Å². The van der Waals surface area contributed by atoms with Crippen molar-refractivity contribution < 1.29 is 19.1 Å². The predicted molar refractivity (Wildman–Crippen MR) is 107 cm³/mol. The highest BCUT2D eigenvalue weighted by Crippen LogP contribution is 2.29. The Hall–Kier alpha value is -3.79. The van der Waals surface area contributed by atoms with Gasteiger partial charge in [-0.05, 0) is 41.5 Å². The van der Waals surface area contributed by atoms with Crippen LogP contribution in [0.5, 0.6) is 11.5 Å². The SMILES string of the molecule is O=COc1cc(/C=C/C=C/c2ccc3oc4ccccc4c3c2)ccc1O. The van der Waals surface area contributed by atoms with Crippen molar-refractivity contribution >= 4 is 40.6 Å². The van der Waals surface area contributed by atoms with E-state index in [9.17, 15) is 9.90 Å². The van der Waals surface area contributed by atoms with Crippen LogP contribution >= 0.6 is 0 Å². The van der Waals surface area contributed by atoms with Gasteiger partial charge in [-0.15, -0.1) is 0 Å². The summed E-state index contributed by atoms with van der Waals surface area (Å²) < 4.78 is 10.6. The van der Waals surface area contributed by atoms with E-state index in [0.717, 1.165) is 33.1 Å². The van der Waals surface area contributed by atoms with Crippen LogP contribution in [-0.4, -0.2) is 11.6 Å². The van der Waals surface area contributed by atoms with Crippen LogP contribution in [0.1, 0.15) is 11.1 Å². The Labute approximate surface area is 155 Å². The highest BCUT2D eigenvalue weighted by Gasteiger charge is 2.05. The molecule has 0 aliphatic heterocycles. The summed E-state index contributed by atoms with van der Waals surface area (Å²) in [6.45, 7) is 0.290. The minimum atomic E-state index is -0.0737. The number of carbonyl (C=O) groups is 1. The number of allylic oxidation sites excluding steroid dienone is 2. The lowest BCUT2D eigenvalue weighted by Gasteiger charge is -2.02. The number of ether oxygens (including phenoxy) is 1. The summed E-state index contributed by atoms with van der Waals surface area (Å²) in [5.74, 6) is 0.0591. The first-order valence-electron chi connectivity index (χ1n) is 8.44. The molecule has 4 nitrogen and oxygen atoms in total. The van der Waals surface area contributed by atoms with E-state index in [-0.39, 0.29) is 18.0 Å². The first-order valence-corrected chi connectivity index (χ1v) is 8.44. The molecular weight excluding hydrogens is 340 g/mol. The summed E-state index contributed by atoms with van der Waals surface area (Å²) in [6.07, 6.45) is 7.67. The van der Waals surface area contributed by atoms with Crippen LogP contribution < -0.4 is 4.74 Å². The zero-order chi connectivity index (χ0) is 18.6. The number of benzene rings is 3. The Kier molecular flexibility index (Phi) is 4.45. The number of rotatable bonds is 5. The second-order valence-corrected chi connectivity index (χ2v) is 6.01. The van der Waals surface area contributed by atoms with Gasteiger partial charge in [0.1, 0.15) is 11.2 Å². The average Bonchev–Trinajstić information content (AvgIpc) is 3.06. The topological polar surface area (TPSA) is 59.7 Å². The number of hydrogen-bond acceptors (Lipinski definition) is 4. The van der Waals surface area contributed by atoms with Crippen LogP contribution in [0.15, 0.2) is 77.2 Å². The van der Waals surface area contributed by atoms with Gasteiger partial charge in [-0.25, -0.2) is 0 Å². The van der Waals surface area contributed by atoms with Gasteiger partial charge in [-0.1, -0.05) is 54.6 Å². The summed E-state index contributed by atoms with van der Waals surface area (Å²) >= 11 is 0. The summed E-state index contributed by atoms with van der Waals surface area (Å²) in [7, 11) is 0. The van der Waals surface area contributed by atoms with Gasteiger partial charge >= 0.3 is 0 Å². The van der Waals surface area contributed by atoms with Crippen molar-refractivity contribution in [3.05, 3.63) is 83.9 Å². The van der Waals surface area contributed by atoms with Gasteiger partial charge in [0.05, 0.1) is 0 Å². The smallest absolute Gasteiger partial charge is 0.298 e. The minimum Gasteiger partial charge on any atom is -0.504 e. The summed E-state index contributed by atoms with van der Waals surface area (Å²) in [6, 6.07) is 18.9. The molecule has 132 valence electrons. The lowest BCUT2D eigenvalue weighted by Crippen LogP contribution is -1.89. The molecule has 0 atom stereocenters. The van der Waals surface area contributed by atoms with Gasteiger partial charge in [-0.2, -0.15) is 0 Å². The highest BCUT2D eigenvalue weighted by molar-refractivity contribution is 6.05. The number of aromatic hydroxyl groups is 1. The lowest BCUT2D eigenvalue weighted by atomic mass is 10.1. The second-order valence-electron chi connectivity index (χ2n) is 6.01. The maximum absolute atomic E-state index is 10.4. The molecule has 0 fully saturated rings. The van der Waals surface area contributed by atoms with E-state index in [1.165, 1.54) is 6.07 Å². The van der Waals surface area contributed by atoms with Gasteiger partial charge < -0.3 is 14.3 Å². The van der Waals surface area contributed by atoms with Gasteiger partial charge in [0, 0.05) is 10.8 Å². The number of carbonyl (C=O) groups excluding carboxylic acids is 1. The number of fused-ring (bicyclic) bond motifs is 3. The largest absolute Gasteiger partial charge is 0.504 e. The Balaban J connectivity index is 1.56. The van der Waals surface area contributed by atoms with Crippen LogP contribution in [-0.2, 0) is 4.79 Å². The predicted octanol–water partition coefficient (Wildman–Crippen LogP) is 5.55. The molecule has 4 aromatic rings. The highest BCUT2D eigenvalue weighted by atomic mass is 16.5. The van der Waals surface area contributed by atoms with Crippen LogP contribution in [0.4, 0.5) is 0 Å². The fraction of sp³-hybridized carbons (Fsp3) is 0. The molecule has 0 saturated carbocycles. The van der Waals surface area contributed by atoms with Crippen molar-refractivity contribution in [2.75, 3.05) is 0 Å². The van der Waals surface area contributed by atoms with Crippen molar-refractivity contribution in [1.29, 1.82) is 0 Å². The van der Waals surface area contributed by atoms with Gasteiger partial charge in [0.15, 0.2) is 11.5 Å². The van der Waals surface area contributed by atoms with Crippen molar-refractivity contribution in [1.82, 2.24) is 0 Å². The molecule has 0 spiro atoms. The van der Waals surface area contributed by atoms with Crippen LogP contribution in [0.2, 0.25) is 0 Å². The Morgan fingerprint density at radius 3 is 2.33 bits per heavy atom. The fourth-order valence-electron chi connectivity index (χ4n) is 2.96. The van der Waals surface area contributed by atoms with E-state index in [1.54, 1.807) is 12.1 Å². The molecule has 0 aliphatic rings. The number of para-hydroxylation sites is 1. The zero-order valence-electron chi connectivity index (χ0n) is 14.3. The zero-order valence-corrected chi connectivity index (χ0v) is 14.3. The molecule has 27 heavy (non-hydrogen) atoms. The molecule has 0 bridgehead atoms. The van der Waals surface area contributed by atoms with Gasteiger partial charge in [0.25, 0.3) is 6.47 Å². The van der Waals surface area contributed by atoms with Gasteiger partial charge in [-0.3, -0.25) is 4.79 Å². The standard InChI is InChI=1S/C23H16O4/c24-15-26-23-14-17(9-11-20(23)25)6-2-1-5-16-10-12-22-19(13-16)18-7-3-4-8-21(18)27-22/h1-15,25H/b5-1+,6-2+.